The van der Waals surface area contributed by atoms with Crippen molar-refractivity contribution in [1.29, 1.82) is 0 Å². The third-order valence-electron chi connectivity index (χ3n) is 1.15. The first kappa shape index (κ1) is 23.1. The Labute approximate surface area is 117 Å². The summed E-state index contributed by atoms with van der Waals surface area (Å²) in [5, 5.41) is 15.4. The Morgan fingerprint density at radius 1 is 1.11 bits per heavy atom. The Morgan fingerprint density at radius 3 is 1.68 bits per heavy atom. The Hall–Kier alpha value is -0.980. The summed E-state index contributed by atoms with van der Waals surface area (Å²) in [6.45, 7) is 3.90. The van der Waals surface area contributed by atoms with Gasteiger partial charge >= 0.3 is 0 Å². The number of hydrogen-bond donors (Lipinski definition) is 3. The van der Waals surface area contributed by atoms with Gasteiger partial charge in [-0.1, -0.05) is 30.3 Å². The van der Waals surface area contributed by atoms with Crippen LogP contribution in [0.1, 0.15) is 19.4 Å². The van der Waals surface area contributed by atoms with Crippen molar-refractivity contribution >= 4 is 0 Å². The van der Waals surface area contributed by atoms with Crippen LogP contribution in [0, 0.1) is 0 Å². The van der Waals surface area contributed by atoms with Crippen molar-refractivity contribution in [3.63, 3.8) is 0 Å². The third-order valence-corrected chi connectivity index (χ3v) is 1.15. The number of aliphatic hydroxyl groups excluding tert-OH is 2. The van der Waals surface area contributed by atoms with E-state index in [9.17, 15) is 0 Å². The highest BCUT2D eigenvalue weighted by Gasteiger charge is 1.84. The summed E-state index contributed by atoms with van der Waals surface area (Å²) in [6.07, 6.45) is -0.167. The van der Waals surface area contributed by atoms with Crippen LogP contribution in [-0.4, -0.2) is 44.4 Å². The van der Waals surface area contributed by atoms with E-state index < -0.39 is 0 Å². The van der Waals surface area contributed by atoms with Gasteiger partial charge in [0.2, 0.25) is 0 Å². The molecule has 0 spiro atoms. The fourth-order valence-corrected chi connectivity index (χ4v) is 0.741. The van der Waals surface area contributed by atoms with Crippen LogP contribution in [0.3, 0.4) is 0 Å². The fourth-order valence-electron chi connectivity index (χ4n) is 0.741. The van der Waals surface area contributed by atoms with Crippen molar-refractivity contribution in [3.8, 4) is 0 Å². The molecule has 0 saturated carbocycles. The number of nitrogens with two attached hydrogens (primary N) is 1. The maximum Gasteiger partial charge on any atom is 0.0906 e. The van der Waals surface area contributed by atoms with Gasteiger partial charge in [-0.25, -0.2) is 0 Å². The predicted molar refractivity (Wildman–Crippen MR) is 78.7 cm³/mol. The molecular weight excluding hydrogens is 246 g/mol. The second-order valence-corrected chi connectivity index (χ2v) is 3.60. The minimum absolute atomic E-state index is 0.167. The molecule has 0 radical (unpaired) electrons. The molecule has 0 unspecified atom stereocenters. The summed E-state index contributed by atoms with van der Waals surface area (Å²) < 4.78 is 9.18. The molecule has 1 aromatic rings. The molecule has 114 valence electrons. The molecule has 0 aromatic heterocycles. The van der Waals surface area contributed by atoms with E-state index in [1.54, 1.807) is 35.2 Å². The Balaban J connectivity index is -0.000000216. The minimum atomic E-state index is -0.250. The van der Waals surface area contributed by atoms with E-state index in [2.05, 4.69) is 10.5 Å². The number of rotatable bonds is 2. The molecule has 0 bridgehead atoms. The Morgan fingerprint density at radius 2 is 1.42 bits per heavy atom. The number of aliphatic hydroxyl groups is 2. The van der Waals surface area contributed by atoms with E-state index in [0.717, 1.165) is 0 Å². The maximum atomic E-state index is 8.06. The second-order valence-electron chi connectivity index (χ2n) is 3.60. The third kappa shape index (κ3) is 38.2. The number of benzene rings is 1. The summed E-state index contributed by atoms with van der Waals surface area (Å²) in [7, 11) is 4.95. The van der Waals surface area contributed by atoms with Crippen molar-refractivity contribution in [2.24, 2.45) is 5.73 Å². The topological polar surface area (TPSA) is 84.9 Å². The molecule has 0 aliphatic carbocycles. The van der Waals surface area contributed by atoms with Gasteiger partial charge in [0.15, 0.2) is 0 Å². The van der Waals surface area contributed by atoms with Crippen molar-refractivity contribution in [1.82, 2.24) is 0 Å². The normalized spacial score (nSPS) is 8.26. The number of methoxy groups -OCH3 is 2. The first-order chi connectivity index (χ1) is 8.99. The van der Waals surface area contributed by atoms with E-state index in [-0.39, 0.29) is 12.8 Å². The van der Waals surface area contributed by atoms with Gasteiger partial charge in [0, 0.05) is 27.4 Å². The average Bonchev–Trinajstić information content (AvgIpc) is 2.32. The molecule has 0 aliphatic heterocycles. The first-order valence-electron chi connectivity index (χ1n) is 5.92. The van der Waals surface area contributed by atoms with Crippen LogP contribution < -0.4 is 5.73 Å². The van der Waals surface area contributed by atoms with Crippen LogP contribution in [0.15, 0.2) is 30.3 Å². The van der Waals surface area contributed by atoms with Crippen LogP contribution in [0.2, 0.25) is 0 Å². The summed E-state index contributed by atoms with van der Waals surface area (Å²) in [4.78, 5) is 0. The van der Waals surface area contributed by atoms with E-state index in [0.29, 0.717) is 6.61 Å². The van der Waals surface area contributed by atoms with Gasteiger partial charge in [0.05, 0.1) is 13.3 Å². The van der Waals surface area contributed by atoms with Crippen molar-refractivity contribution in [2.45, 2.75) is 26.6 Å². The van der Waals surface area contributed by atoms with Crippen LogP contribution in [0.4, 0.5) is 0 Å². The molecule has 19 heavy (non-hydrogen) atoms. The SMILES string of the molecule is CC(C)O.COC.COCc1ccccc1.NCO. The van der Waals surface area contributed by atoms with E-state index >= 15 is 0 Å². The Kier molecular flexibility index (Phi) is 27.1. The molecular formula is C14H29NO4. The molecule has 0 saturated heterocycles. The van der Waals surface area contributed by atoms with Gasteiger partial charge in [0.1, 0.15) is 0 Å². The van der Waals surface area contributed by atoms with Crippen LogP contribution in [0.25, 0.3) is 0 Å². The Bertz CT molecular complexity index is 225. The fraction of sp³-hybridized carbons (Fsp3) is 0.571. The number of hydrogen-bond acceptors (Lipinski definition) is 5. The first-order valence-corrected chi connectivity index (χ1v) is 5.92. The zero-order valence-corrected chi connectivity index (χ0v) is 12.7. The highest BCUT2D eigenvalue weighted by Crippen LogP contribution is 1.98. The van der Waals surface area contributed by atoms with Crippen molar-refractivity contribution in [2.75, 3.05) is 28.1 Å². The van der Waals surface area contributed by atoms with Crippen LogP contribution >= 0.6 is 0 Å². The van der Waals surface area contributed by atoms with E-state index in [1.165, 1.54) is 5.56 Å². The molecule has 0 aliphatic rings. The van der Waals surface area contributed by atoms with Gasteiger partial charge in [0.25, 0.3) is 0 Å². The maximum absolute atomic E-state index is 8.06. The van der Waals surface area contributed by atoms with Crippen molar-refractivity contribution < 1.29 is 19.7 Å². The lowest BCUT2D eigenvalue weighted by Crippen LogP contribution is -1.92. The van der Waals surface area contributed by atoms with Gasteiger partial charge in [-0.05, 0) is 19.4 Å². The summed E-state index contributed by atoms with van der Waals surface area (Å²) >= 11 is 0. The van der Waals surface area contributed by atoms with Crippen molar-refractivity contribution in [3.05, 3.63) is 35.9 Å². The lowest BCUT2D eigenvalue weighted by Gasteiger charge is -1.95. The highest BCUT2D eigenvalue weighted by molar-refractivity contribution is 5.13. The quantitative estimate of drug-likeness (QED) is 0.710. The van der Waals surface area contributed by atoms with Gasteiger partial charge in [-0.2, -0.15) is 0 Å². The highest BCUT2D eigenvalue weighted by atomic mass is 16.5. The molecule has 1 rings (SSSR count). The average molecular weight is 275 g/mol. The zero-order valence-electron chi connectivity index (χ0n) is 12.7. The van der Waals surface area contributed by atoms with Crippen LogP contribution in [-0.2, 0) is 16.1 Å². The lowest BCUT2D eigenvalue weighted by molar-refractivity contribution is 0.185. The van der Waals surface area contributed by atoms with Gasteiger partial charge in [-0.15, -0.1) is 0 Å². The summed E-state index contributed by atoms with van der Waals surface area (Å²) in [6, 6.07) is 10.1. The largest absolute Gasteiger partial charge is 0.394 e. The molecule has 0 fully saturated rings. The molecule has 5 nitrogen and oxygen atoms in total. The second kappa shape index (κ2) is 22.2. The summed E-state index contributed by atoms with van der Waals surface area (Å²) in [5.74, 6) is 0. The van der Waals surface area contributed by atoms with E-state index in [1.807, 2.05) is 30.3 Å². The van der Waals surface area contributed by atoms with Crippen LogP contribution in [0.5, 0.6) is 0 Å². The monoisotopic (exact) mass is 275 g/mol. The molecule has 5 heteroatoms. The lowest BCUT2D eigenvalue weighted by atomic mass is 10.2. The van der Waals surface area contributed by atoms with Gasteiger partial charge in [-0.3, -0.25) is 0 Å². The minimum Gasteiger partial charge on any atom is -0.394 e. The smallest absolute Gasteiger partial charge is 0.0906 e. The molecule has 0 amide bonds. The standard InChI is InChI=1S/C8H10O.C3H8O.C2H6O.CH5NO/c1-9-7-8-5-3-2-4-6-8;1-3(2)4;1-3-2;2-1-3/h2-6H,7H2,1H3;3-4H,1-2H3;1-2H3;3H,1-2H2. The molecule has 0 atom stereocenters. The molecule has 0 heterocycles. The predicted octanol–water partition coefficient (Wildman–Crippen LogP) is 1.38. The summed E-state index contributed by atoms with van der Waals surface area (Å²) in [5.41, 5.74) is 5.62. The zero-order chi connectivity index (χ0) is 15.5. The molecule has 1 aromatic carbocycles. The van der Waals surface area contributed by atoms with Gasteiger partial charge < -0.3 is 25.4 Å². The number of ether oxygens (including phenoxy) is 2. The molecule has 4 N–H and O–H groups in total. The van der Waals surface area contributed by atoms with E-state index in [4.69, 9.17) is 14.9 Å².